The van der Waals surface area contributed by atoms with Crippen molar-refractivity contribution in [1.29, 1.82) is 0 Å². The lowest BCUT2D eigenvalue weighted by Crippen LogP contribution is -2.00. The summed E-state index contributed by atoms with van der Waals surface area (Å²) in [5, 5.41) is 20.2. The van der Waals surface area contributed by atoms with Gasteiger partial charge in [-0.15, -0.1) is 0 Å². The number of nitro groups is 1. The Bertz CT molecular complexity index is 1090. The maximum Gasteiger partial charge on any atom is 0.335 e. The second kappa shape index (κ2) is 9.39. The number of non-ortho nitro benzene ring substituents is 1. The third kappa shape index (κ3) is 5.34. The summed E-state index contributed by atoms with van der Waals surface area (Å²) in [5.74, 6) is -0.701. The highest BCUT2D eigenvalue weighted by molar-refractivity contribution is 6.37. The molecule has 0 bridgehead atoms. The average Bonchev–Trinajstić information content (AvgIpc) is 2.72. The van der Waals surface area contributed by atoms with Crippen LogP contribution in [0, 0.1) is 10.1 Å². The van der Waals surface area contributed by atoms with E-state index in [2.05, 4.69) is 4.99 Å². The number of halogens is 2. The van der Waals surface area contributed by atoms with Gasteiger partial charge in [0.15, 0.2) is 5.75 Å². The Morgan fingerprint density at radius 2 is 1.67 bits per heavy atom. The molecule has 0 saturated carbocycles. The van der Waals surface area contributed by atoms with Gasteiger partial charge in [0, 0.05) is 18.3 Å². The van der Waals surface area contributed by atoms with Crippen LogP contribution in [0.5, 0.6) is 5.75 Å². The monoisotopic (exact) mass is 444 g/mol. The van der Waals surface area contributed by atoms with Crippen LogP contribution in [0.25, 0.3) is 0 Å². The maximum absolute atomic E-state index is 10.9. The molecule has 0 amide bonds. The molecule has 30 heavy (non-hydrogen) atoms. The Kier molecular flexibility index (Phi) is 6.66. The smallest absolute Gasteiger partial charge is 0.335 e. The number of rotatable bonds is 7. The van der Waals surface area contributed by atoms with Crippen LogP contribution in [-0.4, -0.2) is 22.2 Å². The number of benzene rings is 3. The molecule has 3 aromatic rings. The topological polar surface area (TPSA) is 102 Å². The second-order valence-electron chi connectivity index (χ2n) is 6.14. The molecule has 0 aliphatic rings. The molecular formula is C21H14Cl2N2O5. The molecule has 3 aromatic carbocycles. The summed E-state index contributed by atoms with van der Waals surface area (Å²) in [5.41, 5.74) is 2.10. The minimum absolute atomic E-state index is 0.0147. The van der Waals surface area contributed by atoms with Crippen LogP contribution in [0.2, 0.25) is 10.0 Å². The summed E-state index contributed by atoms with van der Waals surface area (Å²) in [6.45, 7) is 0.162. The number of nitrogens with zero attached hydrogens (tertiary/aromatic N) is 2. The summed E-state index contributed by atoms with van der Waals surface area (Å²) in [6, 6.07) is 15.3. The summed E-state index contributed by atoms with van der Waals surface area (Å²) >= 11 is 12.6. The van der Waals surface area contributed by atoms with E-state index in [4.69, 9.17) is 33.0 Å². The molecular weight excluding hydrogens is 431 g/mol. The fourth-order valence-corrected chi connectivity index (χ4v) is 3.11. The van der Waals surface area contributed by atoms with Gasteiger partial charge >= 0.3 is 5.97 Å². The van der Waals surface area contributed by atoms with Crippen LogP contribution in [0.4, 0.5) is 11.4 Å². The van der Waals surface area contributed by atoms with Gasteiger partial charge in [-0.3, -0.25) is 15.1 Å². The molecule has 0 aliphatic heterocycles. The fourth-order valence-electron chi connectivity index (χ4n) is 2.50. The van der Waals surface area contributed by atoms with E-state index in [0.29, 0.717) is 17.0 Å². The molecule has 0 unspecified atom stereocenters. The van der Waals surface area contributed by atoms with Crippen LogP contribution in [0.3, 0.4) is 0 Å². The molecule has 1 N–H and O–H groups in total. The number of aromatic carboxylic acids is 1. The molecule has 7 nitrogen and oxygen atoms in total. The Balaban J connectivity index is 1.70. The predicted molar refractivity (Wildman–Crippen MR) is 115 cm³/mol. The second-order valence-corrected chi connectivity index (χ2v) is 6.95. The minimum Gasteiger partial charge on any atom is -0.486 e. The Morgan fingerprint density at radius 3 is 2.20 bits per heavy atom. The Morgan fingerprint density at radius 1 is 1.07 bits per heavy atom. The van der Waals surface area contributed by atoms with Crippen molar-refractivity contribution < 1.29 is 19.6 Å². The number of carboxylic acid groups (broad SMARTS) is 1. The first-order valence-electron chi connectivity index (χ1n) is 8.56. The highest BCUT2D eigenvalue weighted by atomic mass is 35.5. The van der Waals surface area contributed by atoms with Crippen molar-refractivity contribution in [3.8, 4) is 5.75 Å². The number of aliphatic imine (C=N–C) groups is 1. The SMILES string of the molecule is O=C(O)c1ccc(COc2c(Cl)cc(C=Nc3ccc([N+](=O)[O-])cc3)cc2Cl)cc1. The summed E-state index contributed by atoms with van der Waals surface area (Å²) in [4.78, 5) is 25.4. The first kappa shape index (κ1) is 21.3. The molecule has 3 rings (SSSR count). The number of hydrogen-bond donors (Lipinski definition) is 1. The zero-order valence-electron chi connectivity index (χ0n) is 15.3. The van der Waals surface area contributed by atoms with Gasteiger partial charge in [0.1, 0.15) is 6.61 Å². The van der Waals surface area contributed by atoms with Crippen LogP contribution < -0.4 is 4.74 Å². The zero-order chi connectivity index (χ0) is 21.7. The van der Waals surface area contributed by atoms with Crippen LogP contribution >= 0.6 is 23.2 Å². The van der Waals surface area contributed by atoms with Crippen LogP contribution in [0.15, 0.2) is 65.7 Å². The third-order valence-electron chi connectivity index (χ3n) is 4.03. The molecule has 0 saturated heterocycles. The molecule has 0 spiro atoms. The van der Waals surface area contributed by atoms with E-state index in [9.17, 15) is 14.9 Å². The van der Waals surface area contributed by atoms with E-state index >= 15 is 0 Å². The highest BCUT2D eigenvalue weighted by Crippen LogP contribution is 2.34. The van der Waals surface area contributed by atoms with E-state index in [1.54, 1.807) is 24.3 Å². The summed E-state index contributed by atoms with van der Waals surface area (Å²) in [7, 11) is 0. The van der Waals surface area contributed by atoms with Crippen molar-refractivity contribution in [1.82, 2.24) is 0 Å². The first-order valence-corrected chi connectivity index (χ1v) is 9.31. The number of ether oxygens (including phenoxy) is 1. The largest absolute Gasteiger partial charge is 0.486 e. The lowest BCUT2D eigenvalue weighted by Gasteiger charge is -2.11. The van der Waals surface area contributed by atoms with Gasteiger partial charge in [-0.25, -0.2) is 4.79 Å². The third-order valence-corrected chi connectivity index (χ3v) is 4.59. The van der Waals surface area contributed by atoms with E-state index in [1.165, 1.54) is 42.6 Å². The molecule has 9 heteroatoms. The normalized spacial score (nSPS) is 10.9. The van der Waals surface area contributed by atoms with E-state index in [1.807, 2.05) is 0 Å². The van der Waals surface area contributed by atoms with Crippen LogP contribution in [-0.2, 0) is 6.61 Å². The predicted octanol–water partition coefficient (Wildman–Crippen LogP) is 5.93. The molecule has 0 aliphatic carbocycles. The number of hydrogen-bond acceptors (Lipinski definition) is 5. The lowest BCUT2D eigenvalue weighted by molar-refractivity contribution is -0.384. The molecule has 0 aromatic heterocycles. The van der Waals surface area contributed by atoms with Gasteiger partial charge < -0.3 is 9.84 Å². The van der Waals surface area contributed by atoms with Crippen LogP contribution in [0.1, 0.15) is 21.5 Å². The average molecular weight is 445 g/mol. The fraction of sp³-hybridized carbons (Fsp3) is 0.0476. The van der Waals surface area contributed by atoms with E-state index < -0.39 is 10.9 Å². The van der Waals surface area contributed by atoms with Gasteiger partial charge in [0.25, 0.3) is 5.69 Å². The minimum atomic E-state index is -1.00. The standard InChI is InChI=1S/C21H14Cl2N2O5/c22-18-9-14(11-24-16-5-7-17(8-6-16)25(28)29)10-19(23)20(18)30-12-13-1-3-15(4-2-13)21(26)27/h1-11H,12H2,(H,26,27). The Hall–Kier alpha value is -3.42. The molecule has 0 heterocycles. The summed E-state index contributed by atoms with van der Waals surface area (Å²) in [6.07, 6.45) is 1.54. The van der Waals surface area contributed by atoms with Crippen molar-refractivity contribution in [3.05, 3.63) is 97.5 Å². The van der Waals surface area contributed by atoms with Crippen molar-refractivity contribution in [3.63, 3.8) is 0 Å². The van der Waals surface area contributed by atoms with Gasteiger partial charge in [-0.1, -0.05) is 35.3 Å². The van der Waals surface area contributed by atoms with Crippen molar-refractivity contribution in [2.75, 3.05) is 0 Å². The first-order chi connectivity index (χ1) is 14.3. The molecule has 0 atom stereocenters. The lowest BCUT2D eigenvalue weighted by atomic mass is 10.1. The summed E-state index contributed by atoms with van der Waals surface area (Å²) < 4.78 is 5.69. The number of nitro benzene ring substituents is 1. The molecule has 0 radical (unpaired) electrons. The zero-order valence-corrected chi connectivity index (χ0v) is 16.8. The molecule has 152 valence electrons. The van der Waals surface area contributed by atoms with Gasteiger partial charge in [-0.2, -0.15) is 0 Å². The van der Waals surface area contributed by atoms with Crippen molar-refractivity contribution >= 4 is 46.8 Å². The molecule has 0 fully saturated rings. The number of carbonyl (C=O) groups is 1. The quantitative estimate of drug-likeness (QED) is 0.276. The van der Waals surface area contributed by atoms with E-state index in [0.717, 1.165) is 5.56 Å². The number of carboxylic acids is 1. The van der Waals surface area contributed by atoms with Crippen molar-refractivity contribution in [2.45, 2.75) is 6.61 Å². The van der Waals surface area contributed by atoms with Gasteiger partial charge in [0.2, 0.25) is 0 Å². The van der Waals surface area contributed by atoms with Gasteiger partial charge in [0.05, 0.1) is 26.2 Å². The van der Waals surface area contributed by atoms with Crippen molar-refractivity contribution in [2.24, 2.45) is 4.99 Å². The van der Waals surface area contributed by atoms with E-state index in [-0.39, 0.29) is 27.9 Å². The maximum atomic E-state index is 10.9. The highest BCUT2D eigenvalue weighted by Gasteiger charge is 2.10. The van der Waals surface area contributed by atoms with Gasteiger partial charge in [-0.05, 0) is 47.5 Å². The Labute approximate surface area is 181 Å².